The van der Waals surface area contributed by atoms with Gasteiger partial charge in [-0.3, -0.25) is 4.79 Å². The second-order valence-corrected chi connectivity index (χ2v) is 7.05. The summed E-state index contributed by atoms with van der Waals surface area (Å²) in [7, 11) is 0. The highest BCUT2D eigenvalue weighted by Crippen LogP contribution is 2.39. The van der Waals surface area contributed by atoms with Gasteiger partial charge in [0.05, 0.1) is 5.69 Å². The van der Waals surface area contributed by atoms with Gasteiger partial charge in [0.25, 0.3) is 5.91 Å². The fourth-order valence-corrected chi connectivity index (χ4v) is 4.20. The third kappa shape index (κ3) is 3.44. The van der Waals surface area contributed by atoms with Crippen molar-refractivity contribution in [2.45, 2.75) is 50.9 Å². The van der Waals surface area contributed by atoms with Gasteiger partial charge >= 0.3 is 0 Å². The number of rotatable bonds is 5. The highest BCUT2D eigenvalue weighted by molar-refractivity contribution is 7.08. The van der Waals surface area contributed by atoms with E-state index in [1.807, 2.05) is 6.92 Å². The monoisotopic (exact) mass is 329 g/mol. The van der Waals surface area contributed by atoms with Gasteiger partial charge in [0, 0.05) is 12.0 Å². The molecule has 5 heteroatoms. The van der Waals surface area contributed by atoms with Crippen molar-refractivity contribution in [2.75, 3.05) is 6.54 Å². The van der Waals surface area contributed by atoms with Crippen LogP contribution in [0.4, 0.5) is 0 Å². The molecule has 1 aromatic heterocycles. The lowest BCUT2D eigenvalue weighted by Crippen LogP contribution is -2.42. The van der Waals surface area contributed by atoms with Crippen LogP contribution in [0, 0.1) is 0 Å². The maximum absolute atomic E-state index is 12.5. The summed E-state index contributed by atoms with van der Waals surface area (Å²) in [6, 6.07) is 10.6. The Balaban J connectivity index is 1.76. The molecule has 1 aliphatic rings. The Morgan fingerprint density at radius 1 is 1.22 bits per heavy atom. The standard InChI is InChI=1S/C18H23N3OS/c1-2-15-16(23-21-20-15)17(22)19-13-18(11-7-4-8-12-18)14-9-5-3-6-10-14/h3,5-6,9-10H,2,4,7-8,11-13H2,1H3,(H,19,22). The molecular formula is C18H23N3OS. The molecular weight excluding hydrogens is 306 g/mol. The Labute approximate surface area is 141 Å². The maximum atomic E-state index is 12.5. The molecule has 1 fully saturated rings. The van der Waals surface area contributed by atoms with Crippen LogP contribution in [0.25, 0.3) is 0 Å². The average Bonchev–Trinajstić information content (AvgIpc) is 3.10. The molecule has 122 valence electrons. The topological polar surface area (TPSA) is 54.9 Å². The van der Waals surface area contributed by atoms with Crippen LogP contribution in [-0.2, 0) is 11.8 Å². The number of nitrogens with zero attached hydrogens (tertiary/aromatic N) is 2. The fourth-order valence-electron chi connectivity index (χ4n) is 3.53. The van der Waals surface area contributed by atoms with Gasteiger partial charge in [0.1, 0.15) is 4.88 Å². The Bertz CT molecular complexity index is 647. The van der Waals surface area contributed by atoms with Crippen molar-refractivity contribution < 1.29 is 4.79 Å². The summed E-state index contributed by atoms with van der Waals surface area (Å²) in [4.78, 5) is 13.2. The number of carbonyl (C=O) groups excluding carboxylic acids is 1. The minimum absolute atomic E-state index is 0.0299. The molecule has 0 aliphatic heterocycles. The first-order chi connectivity index (χ1) is 11.2. The largest absolute Gasteiger partial charge is 0.350 e. The molecule has 0 radical (unpaired) electrons. The second kappa shape index (κ2) is 7.21. The number of aromatic nitrogens is 2. The highest BCUT2D eigenvalue weighted by Gasteiger charge is 2.34. The van der Waals surface area contributed by atoms with Crippen LogP contribution in [0.15, 0.2) is 30.3 Å². The molecule has 4 nitrogen and oxygen atoms in total. The zero-order valence-electron chi connectivity index (χ0n) is 13.5. The highest BCUT2D eigenvalue weighted by atomic mass is 32.1. The van der Waals surface area contributed by atoms with Gasteiger partial charge in [-0.25, -0.2) is 0 Å². The van der Waals surface area contributed by atoms with Crippen molar-refractivity contribution in [3.05, 3.63) is 46.5 Å². The van der Waals surface area contributed by atoms with Gasteiger partial charge in [-0.1, -0.05) is 61.0 Å². The summed E-state index contributed by atoms with van der Waals surface area (Å²) in [5, 5.41) is 7.19. The van der Waals surface area contributed by atoms with E-state index in [2.05, 4.69) is 45.2 Å². The third-order valence-electron chi connectivity index (χ3n) is 4.88. The van der Waals surface area contributed by atoms with E-state index in [0.717, 1.165) is 25.0 Å². The number of aryl methyl sites for hydroxylation is 1. The number of carbonyl (C=O) groups is 1. The predicted octanol–water partition coefficient (Wildman–Crippen LogP) is 3.73. The van der Waals surface area contributed by atoms with Gasteiger partial charge < -0.3 is 5.32 Å². The molecule has 1 N–H and O–H groups in total. The van der Waals surface area contributed by atoms with Crippen LogP contribution >= 0.6 is 11.5 Å². The summed E-state index contributed by atoms with van der Waals surface area (Å²) in [6.45, 7) is 2.69. The first-order valence-corrected chi connectivity index (χ1v) is 9.17. The van der Waals surface area contributed by atoms with Gasteiger partial charge in [-0.2, -0.15) is 0 Å². The van der Waals surface area contributed by atoms with Gasteiger partial charge in [-0.05, 0) is 36.4 Å². The van der Waals surface area contributed by atoms with Gasteiger partial charge in [-0.15, -0.1) is 5.10 Å². The van der Waals surface area contributed by atoms with E-state index in [0.29, 0.717) is 11.4 Å². The molecule has 23 heavy (non-hydrogen) atoms. The lowest BCUT2D eigenvalue weighted by Gasteiger charge is -2.38. The number of hydrogen-bond donors (Lipinski definition) is 1. The van der Waals surface area contributed by atoms with E-state index >= 15 is 0 Å². The summed E-state index contributed by atoms with van der Waals surface area (Å²) in [5.41, 5.74) is 2.21. The normalized spacial score (nSPS) is 16.9. The SMILES string of the molecule is CCc1nnsc1C(=O)NCC1(c2ccccc2)CCCCC1. The Kier molecular flexibility index (Phi) is 5.06. The first-order valence-electron chi connectivity index (χ1n) is 8.40. The van der Waals surface area contributed by atoms with Crippen molar-refractivity contribution in [1.29, 1.82) is 0 Å². The molecule has 1 amide bonds. The Morgan fingerprint density at radius 3 is 2.65 bits per heavy atom. The zero-order valence-corrected chi connectivity index (χ0v) is 14.4. The Morgan fingerprint density at radius 2 is 1.96 bits per heavy atom. The van der Waals surface area contributed by atoms with E-state index in [1.54, 1.807) is 0 Å². The van der Waals surface area contributed by atoms with E-state index in [9.17, 15) is 4.79 Å². The van der Waals surface area contributed by atoms with Crippen LogP contribution in [-0.4, -0.2) is 22.0 Å². The van der Waals surface area contributed by atoms with Crippen LogP contribution in [0.5, 0.6) is 0 Å². The van der Waals surface area contributed by atoms with E-state index < -0.39 is 0 Å². The van der Waals surface area contributed by atoms with Crippen LogP contribution in [0.2, 0.25) is 0 Å². The zero-order chi connectivity index (χ0) is 16.1. The van der Waals surface area contributed by atoms with E-state index in [-0.39, 0.29) is 11.3 Å². The molecule has 0 spiro atoms. The number of nitrogens with one attached hydrogen (secondary N) is 1. The summed E-state index contributed by atoms with van der Waals surface area (Å²) < 4.78 is 3.92. The van der Waals surface area contributed by atoms with Gasteiger partial charge in [0.15, 0.2) is 0 Å². The molecule has 1 aromatic carbocycles. The summed E-state index contributed by atoms with van der Waals surface area (Å²) in [5.74, 6) is -0.0299. The third-order valence-corrected chi connectivity index (χ3v) is 5.65. The molecule has 3 rings (SSSR count). The van der Waals surface area contributed by atoms with E-state index in [1.165, 1.54) is 36.4 Å². The molecule has 1 heterocycles. The van der Waals surface area contributed by atoms with Gasteiger partial charge in [0.2, 0.25) is 0 Å². The minimum Gasteiger partial charge on any atom is -0.350 e. The molecule has 0 unspecified atom stereocenters. The number of hydrogen-bond acceptors (Lipinski definition) is 4. The molecule has 0 saturated heterocycles. The molecule has 1 aliphatic carbocycles. The van der Waals surface area contributed by atoms with Crippen molar-refractivity contribution >= 4 is 17.4 Å². The van der Waals surface area contributed by atoms with Crippen LogP contribution in [0.3, 0.4) is 0 Å². The maximum Gasteiger partial charge on any atom is 0.264 e. The van der Waals surface area contributed by atoms with Crippen LogP contribution in [0.1, 0.15) is 60.0 Å². The quantitative estimate of drug-likeness (QED) is 0.909. The first kappa shape index (κ1) is 16.1. The summed E-state index contributed by atoms with van der Waals surface area (Å²) in [6.07, 6.45) is 6.77. The lowest BCUT2D eigenvalue weighted by molar-refractivity contribution is 0.0939. The molecule has 2 aromatic rings. The molecule has 0 bridgehead atoms. The minimum atomic E-state index is -0.0299. The van der Waals surface area contributed by atoms with Crippen LogP contribution < -0.4 is 5.32 Å². The van der Waals surface area contributed by atoms with E-state index in [4.69, 9.17) is 0 Å². The number of benzene rings is 1. The number of amides is 1. The van der Waals surface area contributed by atoms with Crippen molar-refractivity contribution in [3.8, 4) is 0 Å². The summed E-state index contributed by atoms with van der Waals surface area (Å²) >= 11 is 1.19. The second-order valence-electron chi connectivity index (χ2n) is 6.29. The lowest BCUT2D eigenvalue weighted by atomic mass is 9.69. The predicted molar refractivity (Wildman–Crippen MR) is 92.8 cm³/mol. The van der Waals surface area contributed by atoms with Crippen molar-refractivity contribution in [2.24, 2.45) is 0 Å². The smallest absolute Gasteiger partial charge is 0.264 e. The Hall–Kier alpha value is -1.75. The molecule has 0 atom stereocenters. The van der Waals surface area contributed by atoms with Crippen molar-refractivity contribution in [1.82, 2.24) is 14.9 Å². The fraction of sp³-hybridized carbons (Fsp3) is 0.500. The molecule has 1 saturated carbocycles. The van der Waals surface area contributed by atoms with Crippen molar-refractivity contribution in [3.63, 3.8) is 0 Å². The average molecular weight is 329 g/mol.